The van der Waals surface area contributed by atoms with Crippen LogP contribution in [0.15, 0.2) is 24.3 Å². The zero-order valence-corrected chi connectivity index (χ0v) is 9.96. The molecule has 1 N–H and O–H groups in total. The van der Waals surface area contributed by atoms with Crippen molar-refractivity contribution in [3.63, 3.8) is 0 Å². The highest BCUT2D eigenvalue weighted by molar-refractivity contribution is 5.78. The Kier molecular flexibility index (Phi) is 3.82. The second-order valence-electron chi connectivity index (χ2n) is 4.24. The van der Waals surface area contributed by atoms with E-state index in [1.807, 2.05) is 0 Å². The molecule has 1 aliphatic rings. The minimum atomic E-state index is -0.885. The molecule has 0 unspecified atom stereocenters. The number of carboxylic acid groups (broad SMARTS) is 1. The van der Waals surface area contributed by atoms with Gasteiger partial charge in [0.2, 0.25) is 0 Å². The van der Waals surface area contributed by atoms with Gasteiger partial charge in [-0.05, 0) is 24.1 Å². The third-order valence-electron chi connectivity index (χ3n) is 2.82. The Morgan fingerprint density at radius 2 is 2.11 bits per heavy atom. The van der Waals surface area contributed by atoms with Crippen LogP contribution in [-0.4, -0.2) is 41.6 Å². The predicted octanol–water partition coefficient (Wildman–Crippen LogP) is 0.925. The van der Waals surface area contributed by atoms with Crippen LogP contribution in [0.4, 0.5) is 0 Å². The fraction of sp³-hybridized carbons (Fsp3) is 0.385. The zero-order valence-electron chi connectivity index (χ0n) is 9.96. The molecule has 1 fully saturated rings. The minimum Gasteiger partial charge on any atom is -0.484 e. The summed E-state index contributed by atoms with van der Waals surface area (Å²) in [5.74, 6) is -0.378. The number of carboxylic acids is 1. The van der Waals surface area contributed by atoms with Crippen LogP contribution in [0.5, 0.6) is 5.75 Å². The van der Waals surface area contributed by atoms with E-state index in [4.69, 9.17) is 9.84 Å². The van der Waals surface area contributed by atoms with Gasteiger partial charge in [-0.3, -0.25) is 9.59 Å². The molecule has 96 valence electrons. The summed E-state index contributed by atoms with van der Waals surface area (Å²) in [7, 11) is 0. The number of ether oxygens (including phenoxy) is 1. The Bertz CT molecular complexity index is 454. The Balaban J connectivity index is 1.88. The third-order valence-corrected chi connectivity index (χ3v) is 2.82. The van der Waals surface area contributed by atoms with Crippen molar-refractivity contribution in [1.82, 2.24) is 4.90 Å². The van der Waals surface area contributed by atoms with Gasteiger partial charge in [-0.2, -0.15) is 0 Å². The lowest BCUT2D eigenvalue weighted by Crippen LogP contribution is -2.44. The normalized spacial score (nSPS) is 13.9. The third kappa shape index (κ3) is 3.23. The molecule has 1 aromatic rings. The maximum atomic E-state index is 11.6. The Hall–Kier alpha value is -2.04. The summed E-state index contributed by atoms with van der Waals surface area (Å²) in [4.78, 5) is 23.9. The summed E-state index contributed by atoms with van der Waals surface area (Å²) >= 11 is 0. The van der Waals surface area contributed by atoms with Crippen molar-refractivity contribution in [2.75, 3.05) is 19.7 Å². The lowest BCUT2D eigenvalue weighted by atomic mass is 10.1. The van der Waals surface area contributed by atoms with Crippen LogP contribution in [0, 0.1) is 0 Å². The fourth-order valence-corrected chi connectivity index (χ4v) is 1.72. The van der Waals surface area contributed by atoms with E-state index >= 15 is 0 Å². The summed E-state index contributed by atoms with van der Waals surface area (Å²) in [6, 6.07) is 6.81. The van der Waals surface area contributed by atoms with Crippen molar-refractivity contribution in [1.29, 1.82) is 0 Å². The van der Waals surface area contributed by atoms with Gasteiger partial charge < -0.3 is 14.7 Å². The molecular weight excluding hydrogens is 234 g/mol. The summed E-state index contributed by atoms with van der Waals surface area (Å²) in [5, 5.41) is 8.69. The second-order valence-corrected chi connectivity index (χ2v) is 4.24. The topological polar surface area (TPSA) is 66.8 Å². The SMILES string of the molecule is O=C(O)Cc1cccc(OCC(=O)N2CCC2)c1. The summed E-state index contributed by atoms with van der Waals surface area (Å²) in [6.45, 7) is 1.62. The number of rotatable bonds is 5. The largest absolute Gasteiger partial charge is 0.484 e. The van der Waals surface area contributed by atoms with E-state index in [0.717, 1.165) is 19.5 Å². The first-order valence-electron chi connectivity index (χ1n) is 5.86. The zero-order chi connectivity index (χ0) is 13.0. The lowest BCUT2D eigenvalue weighted by molar-refractivity contribution is -0.137. The highest BCUT2D eigenvalue weighted by Crippen LogP contribution is 2.14. The maximum absolute atomic E-state index is 11.6. The Labute approximate surface area is 105 Å². The fourth-order valence-electron chi connectivity index (χ4n) is 1.72. The predicted molar refractivity (Wildman–Crippen MR) is 64.5 cm³/mol. The summed E-state index contributed by atoms with van der Waals surface area (Å²) in [6.07, 6.45) is 1.01. The van der Waals surface area contributed by atoms with Crippen LogP contribution in [0.1, 0.15) is 12.0 Å². The molecule has 0 spiro atoms. The first kappa shape index (κ1) is 12.4. The van der Waals surface area contributed by atoms with Crippen LogP contribution in [0.3, 0.4) is 0 Å². The van der Waals surface area contributed by atoms with Crippen molar-refractivity contribution >= 4 is 11.9 Å². The summed E-state index contributed by atoms with van der Waals surface area (Å²) < 4.78 is 5.36. The molecule has 0 saturated carbocycles. The van der Waals surface area contributed by atoms with Crippen LogP contribution >= 0.6 is 0 Å². The molecule has 0 bridgehead atoms. The number of hydrogen-bond donors (Lipinski definition) is 1. The summed E-state index contributed by atoms with van der Waals surface area (Å²) in [5.41, 5.74) is 0.663. The number of aliphatic carboxylic acids is 1. The standard InChI is InChI=1S/C13H15NO4/c15-12(14-5-2-6-14)9-18-11-4-1-3-10(7-11)8-13(16)17/h1,3-4,7H,2,5-6,8-9H2,(H,16,17). The van der Waals surface area contributed by atoms with Gasteiger partial charge in [0, 0.05) is 13.1 Å². The average Bonchev–Trinajstić information content (AvgIpc) is 2.23. The van der Waals surface area contributed by atoms with E-state index in [9.17, 15) is 9.59 Å². The molecule has 1 heterocycles. The van der Waals surface area contributed by atoms with Gasteiger partial charge in [-0.1, -0.05) is 12.1 Å². The van der Waals surface area contributed by atoms with Crippen LogP contribution in [-0.2, 0) is 16.0 Å². The van der Waals surface area contributed by atoms with Gasteiger partial charge in [0.25, 0.3) is 5.91 Å². The molecule has 2 rings (SSSR count). The van der Waals surface area contributed by atoms with Crippen LogP contribution < -0.4 is 4.74 Å². The molecule has 0 aromatic heterocycles. The molecule has 0 aliphatic carbocycles. The molecule has 0 atom stereocenters. The molecule has 5 heteroatoms. The quantitative estimate of drug-likeness (QED) is 0.842. The van der Waals surface area contributed by atoms with E-state index < -0.39 is 5.97 Å². The molecule has 0 radical (unpaired) electrons. The number of nitrogens with zero attached hydrogens (tertiary/aromatic N) is 1. The average molecular weight is 249 g/mol. The number of carbonyl (C=O) groups excluding carboxylic acids is 1. The highest BCUT2D eigenvalue weighted by Gasteiger charge is 2.20. The Morgan fingerprint density at radius 1 is 1.33 bits per heavy atom. The molecule has 1 aliphatic heterocycles. The van der Waals surface area contributed by atoms with E-state index in [0.29, 0.717) is 11.3 Å². The molecular formula is C13H15NO4. The molecule has 5 nitrogen and oxygen atoms in total. The number of carbonyl (C=O) groups is 2. The van der Waals surface area contributed by atoms with Crippen LogP contribution in [0.2, 0.25) is 0 Å². The maximum Gasteiger partial charge on any atom is 0.307 e. The van der Waals surface area contributed by atoms with Crippen molar-refractivity contribution in [2.45, 2.75) is 12.8 Å². The van der Waals surface area contributed by atoms with E-state index in [1.54, 1.807) is 29.2 Å². The van der Waals surface area contributed by atoms with Gasteiger partial charge in [-0.25, -0.2) is 0 Å². The number of benzene rings is 1. The van der Waals surface area contributed by atoms with Crippen molar-refractivity contribution in [3.05, 3.63) is 29.8 Å². The van der Waals surface area contributed by atoms with Gasteiger partial charge in [-0.15, -0.1) is 0 Å². The molecule has 1 saturated heterocycles. The number of hydrogen-bond acceptors (Lipinski definition) is 3. The minimum absolute atomic E-state index is 0.0104. The van der Waals surface area contributed by atoms with Gasteiger partial charge >= 0.3 is 5.97 Å². The first-order chi connectivity index (χ1) is 8.65. The van der Waals surface area contributed by atoms with E-state index in [2.05, 4.69) is 0 Å². The van der Waals surface area contributed by atoms with E-state index in [1.165, 1.54) is 0 Å². The molecule has 1 aromatic carbocycles. The van der Waals surface area contributed by atoms with Crippen LogP contribution in [0.25, 0.3) is 0 Å². The van der Waals surface area contributed by atoms with Gasteiger partial charge in [0.15, 0.2) is 6.61 Å². The number of amides is 1. The monoisotopic (exact) mass is 249 g/mol. The molecule has 1 amide bonds. The Morgan fingerprint density at radius 3 is 2.72 bits per heavy atom. The van der Waals surface area contributed by atoms with Crippen molar-refractivity contribution < 1.29 is 19.4 Å². The highest BCUT2D eigenvalue weighted by atomic mass is 16.5. The second kappa shape index (κ2) is 5.53. The van der Waals surface area contributed by atoms with E-state index in [-0.39, 0.29) is 18.9 Å². The lowest BCUT2D eigenvalue weighted by Gasteiger charge is -2.30. The molecule has 18 heavy (non-hydrogen) atoms. The van der Waals surface area contributed by atoms with Crippen molar-refractivity contribution in [3.8, 4) is 5.75 Å². The first-order valence-corrected chi connectivity index (χ1v) is 5.86. The number of likely N-dealkylation sites (tertiary alicyclic amines) is 1. The van der Waals surface area contributed by atoms with Gasteiger partial charge in [0.1, 0.15) is 5.75 Å². The van der Waals surface area contributed by atoms with Crippen molar-refractivity contribution in [2.24, 2.45) is 0 Å². The van der Waals surface area contributed by atoms with Gasteiger partial charge in [0.05, 0.1) is 6.42 Å². The smallest absolute Gasteiger partial charge is 0.307 e.